The Balaban J connectivity index is 1.40. The third-order valence-electron chi connectivity index (χ3n) is 4.79. The van der Waals surface area contributed by atoms with Gasteiger partial charge in [0.25, 0.3) is 0 Å². The van der Waals surface area contributed by atoms with Crippen molar-refractivity contribution >= 4 is 28.8 Å². The van der Waals surface area contributed by atoms with Gasteiger partial charge in [0.05, 0.1) is 12.5 Å². The highest BCUT2D eigenvalue weighted by Gasteiger charge is 2.17. The number of hydrogen-bond acceptors (Lipinski definition) is 5. The number of imidazole rings is 2. The van der Waals surface area contributed by atoms with Crippen molar-refractivity contribution in [3.8, 4) is 5.82 Å². The zero-order valence-electron chi connectivity index (χ0n) is 14.0. The van der Waals surface area contributed by atoms with E-state index in [0.717, 1.165) is 11.3 Å². The summed E-state index contributed by atoms with van der Waals surface area (Å²) in [4.78, 5) is 13.2. The first-order valence-electron chi connectivity index (χ1n) is 8.62. The van der Waals surface area contributed by atoms with Crippen LogP contribution in [0.3, 0.4) is 0 Å². The molecule has 132 valence electrons. The molecule has 8 nitrogen and oxygen atoms in total. The lowest BCUT2D eigenvalue weighted by atomic mass is 10.2. The molecule has 0 amide bonds. The summed E-state index contributed by atoms with van der Waals surface area (Å²) in [7, 11) is 0. The van der Waals surface area contributed by atoms with Crippen LogP contribution in [-0.4, -0.2) is 33.7 Å². The van der Waals surface area contributed by atoms with E-state index >= 15 is 0 Å². The van der Waals surface area contributed by atoms with Crippen molar-refractivity contribution in [1.29, 1.82) is 0 Å². The number of nitrogens with one attached hydrogen (secondary N) is 1. The number of nitrogens with zero attached hydrogens (tertiary/aromatic N) is 7. The molecule has 0 aliphatic heterocycles. The van der Waals surface area contributed by atoms with Gasteiger partial charge in [-0.05, 0) is 36.6 Å². The van der Waals surface area contributed by atoms with Crippen molar-refractivity contribution in [2.24, 2.45) is 0 Å². The van der Waals surface area contributed by atoms with E-state index in [1.54, 1.807) is 10.8 Å². The monoisotopic (exact) mass is 368 g/mol. The molecule has 5 rings (SSSR count). The lowest BCUT2D eigenvalue weighted by molar-refractivity contribution is 0.518. The van der Waals surface area contributed by atoms with Crippen LogP contribution in [0, 0.1) is 0 Å². The number of halogens is 1. The normalized spacial score (nSPS) is 15.1. The Morgan fingerprint density at radius 2 is 2.00 bits per heavy atom. The minimum Gasteiger partial charge on any atom is -0.332 e. The van der Waals surface area contributed by atoms with Crippen molar-refractivity contribution in [3.05, 3.63) is 48.7 Å². The summed E-state index contributed by atoms with van der Waals surface area (Å²) in [6.07, 6.45) is 14.5. The number of fused-ring (bicyclic) bond motifs is 1. The predicted molar refractivity (Wildman–Crippen MR) is 98.1 cm³/mol. The smallest absolute Gasteiger partial charge is 0.243 e. The third-order valence-corrected chi connectivity index (χ3v) is 4.95. The zero-order chi connectivity index (χ0) is 17.5. The van der Waals surface area contributed by atoms with Gasteiger partial charge in [0.2, 0.25) is 5.28 Å². The van der Waals surface area contributed by atoms with E-state index in [1.807, 2.05) is 35.4 Å². The summed E-state index contributed by atoms with van der Waals surface area (Å²) in [5.74, 6) is 2.13. The fourth-order valence-corrected chi connectivity index (χ4v) is 3.66. The molecule has 26 heavy (non-hydrogen) atoms. The van der Waals surface area contributed by atoms with Gasteiger partial charge >= 0.3 is 0 Å². The van der Waals surface area contributed by atoms with E-state index < -0.39 is 0 Å². The van der Waals surface area contributed by atoms with Crippen LogP contribution in [-0.2, 0) is 0 Å². The molecule has 4 aromatic heterocycles. The average molecular weight is 369 g/mol. The Kier molecular flexibility index (Phi) is 3.63. The van der Waals surface area contributed by atoms with Crippen LogP contribution in [0.4, 0.5) is 11.6 Å². The van der Waals surface area contributed by atoms with Crippen LogP contribution >= 0.6 is 11.6 Å². The maximum atomic E-state index is 5.99. The standard InChI is InChI=1S/C17H17ClN8/c18-17-22-16(13-6-3-7-26(13)23-17)21-14-8-25(10-19-14)15-9-24(11-20-15)12-4-1-2-5-12/h3,6-12H,1-2,4-5H2,(H,21,22,23). The van der Waals surface area contributed by atoms with E-state index in [0.29, 0.717) is 17.7 Å². The molecule has 0 bridgehead atoms. The van der Waals surface area contributed by atoms with E-state index in [2.05, 4.69) is 36.1 Å². The topological polar surface area (TPSA) is 77.9 Å². The highest BCUT2D eigenvalue weighted by atomic mass is 35.5. The molecule has 0 saturated heterocycles. The molecule has 0 radical (unpaired) electrons. The lowest BCUT2D eigenvalue weighted by Crippen LogP contribution is -2.01. The first-order chi connectivity index (χ1) is 12.8. The summed E-state index contributed by atoms with van der Waals surface area (Å²) in [5, 5.41) is 7.50. The van der Waals surface area contributed by atoms with Gasteiger partial charge in [0.15, 0.2) is 11.6 Å². The molecule has 4 aromatic rings. The Morgan fingerprint density at radius 3 is 2.88 bits per heavy atom. The van der Waals surface area contributed by atoms with E-state index in [1.165, 1.54) is 25.7 Å². The highest BCUT2D eigenvalue weighted by Crippen LogP contribution is 2.29. The maximum Gasteiger partial charge on any atom is 0.243 e. The minimum absolute atomic E-state index is 0.172. The Labute approximate surface area is 154 Å². The van der Waals surface area contributed by atoms with Gasteiger partial charge in [0, 0.05) is 18.4 Å². The minimum atomic E-state index is 0.172. The molecule has 1 N–H and O–H groups in total. The number of aromatic nitrogens is 7. The van der Waals surface area contributed by atoms with Gasteiger partial charge < -0.3 is 9.88 Å². The van der Waals surface area contributed by atoms with Crippen molar-refractivity contribution < 1.29 is 0 Å². The van der Waals surface area contributed by atoms with Gasteiger partial charge in [-0.15, -0.1) is 5.10 Å². The van der Waals surface area contributed by atoms with Gasteiger partial charge in [-0.2, -0.15) is 4.98 Å². The van der Waals surface area contributed by atoms with Crippen LogP contribution < -0.4 is 5.32 Å². The van der Waals surface area contributed by atoms with Crippen LogP contribution in [0.25, 0.3) is 11.3 Å². The van der Waals surface area contributed by atoms with Gasteiger partial charge in [-0.3, -0.25) is 4.57 Å². The first kappa shape index (κ1) is 15.4. The van der Waals surface area contributed by atoms with Crippen molar-refractivity contribution in [2.75, 3.05) is 5.32 Å². The Hall–Kier alpha value is -2.87. The van der Waals surface area contributed by atoms with Crippen molar-refractivity contribution in [3.63, 3.8) is 0 Å². The van der Waals surface area contributed by atoms with Crippen molar-refractivity contribution in [1.82, 2.24) is 33.7 Å². The molecule has 9 heteroatoms. The molecular formula is C17H17ClN8. The second kappa shape index (κ2) is 6.14. The molecule has 0 unspecified atom stereocenters. The Bertz CT molecular complexity index is 1060. The molecule has 4 heterocycles. The summed E-state index contributed by atoms with van der Waals surface area (Å²) in [5.41, 5.74) is 0.828. The summed E-state index contributed by atoms with van der Waals surface area (Å²) >= 11 is 5.99. The summed E-state index contributed by atoms with van der Waals surface area (Å²) in [6, 6.07) is 4.38. The van der Waals surface area contributed by atoms with E-state index in [9.17, 15) is 0 Å². The molecular weight excluding hydrogens is 352 g/mol. The fourth-order valence-electron chi connectivity index (χ4n) is 3.49. The predicted octanol–water partition coefficient (Wildman–Crippen LogP) is 3.62. The number of anilines is 2. The second-order valence-corrected chi connectivity index (χ2v) is 6.81. The van der Waals surface area contributed by atoms with Gasteiger partial charge in [0.1, 0.15) is 17.7 Å². The summed E-state index contributed by atoms with van der Waals surface area (Å²) in [6.45, 7) is 0. The van der Waals surface area contributed by atoms with Crippen LogP contribution in [0.2, 0.25) is 5.28 Å². The first-order valence-corrected chi connectivity index (χ1v) is 9.00. The second-order valence-electron chi connectivity index (χ2n) is 6.48. The van der Waals surface area contributed by atoms with Crippen LogP contribution in [0.15, 0.2) is 43.4 Å². The molecule has 1 fully saturated rings. The van der Waals surface area contributed by atoms with E-state index in [4.69, 9.17) is 11.6 Å². The largest absolute Gasteiger partial charge is 0.332 e. The average Bonchev–Trinajstić information content (AvgIpc) is 3.40. The SMILES string of the molecule is Clc1nc(Nc2cn(-c3cn(C4CCCC4)cn3)cn2)c2cccn2n1. The molecule has 0 atom stereocenters. The molecule has 0 aromatic carbocycles. The maximum absolute atomic E-state index is 5.99. The van der Waals surface area contributed by atoms with Crippen LogP contribution in [0.1, 0.15) is 31.7 Å². The summed E-state index contributed by atoms with van der Waals surface area (Å²) < 4.78 is 5.79. The molecule has 1 aliphatic rings. The molecule has 1 aliphatic carbocycles. The van der Waals surface area contributed by atoms with Crippen molar-refractivity contribution in [2.45, 2.75) is 31.7 Å². The van der Waals surface area contributed by atoms with E-state index in [-0.39, 0.29) is 5.28 Å². The lowest BCUT2D eigenvalue weighted by Gasteiger charge is -2.09. The number of rotatable bonds is 4. The Morgan fingerprint density at radius 1 is 1.12 bits per heavy atom. The van der Waals surface area contributed by atoms with Gasteiger partial charge in [-0.25, -0.2) is 14.5 Å². The fraction of sp³-hybridized carbons (Fsp3) is 0.294. The van der Waals surface area contributed by atoms with Gasteiger partial charge in [-0.1, -0.05) is 12.8 Å². The van der Waals surface area contributed by atoms with Crippen LogP contribution in [0.5, 0.6) is 0 Å². The quantitative estimate of drug-likeness (QED) is 0.595. The third kappa shape index (κ3) is 2.72. The molecule has 1 saturated carbocycles. The molecule has 0 spiro atoms. The number of hydrogen-bond donors (Lipinski definition) is 1. The highest BCUT2D eigenvalue weighted by molar-refractivity contribution is 6.28. The zero-order valence-corrected chi connectivity index (χ0v) is 14.7.